The summed E-state index contributed by atoms with van der Waals surface area (Å²) in [5, 5.41) is 6.78. The van der Waals surface area contributed by atoms with Gasteiger partial charge in [-0.3, -0.25) is 0 Å². The van der Waals surface area contributed by atoms with Gasteiger partial charge >= 0.3 is 0 Å². The summed E-state index contributed by atoms with van der Waals surface area (Å²) in [7, 11) is 1.72. The van der Waals surface area contributed by atoms with E-state index in [1.807, 2.05) is 0 Å². The molecule has 3 heteroatoms. The smallest absolute Gasteiger partial charge is 0.0635 e. The second kappa shape index (κ2) is 4.44. The molecular weight excluding hydrogens is 194 g/mol. The van der Waals surface area contributed by atoms with Crippen molar-refractivity contribution in [1.82, 2.24) is 0 Å². The molecule has 74 valence electrons. The zero-order valence-electron chi connectivity index (χ0n) is 8.12. The number of thiophene rings is 1. The fourth-order valence-corrected chi connectivity index (χ4v) is 2.31. The summed E-state index contributed by atoms with van der Waals surface area (Å²) in [5.74, 6) is 0. The van der Waals surface area contributed by atoms with Crippen molar-refractivity contribution in [1.29, 1.82) is 0 Å². The molecule has 1 heterocycles. The molecule has 2 rings (SSSR count). The molecule has 2 aromatic rings. The van der Waals surface area contributed by atoms with Gasteiger partial charge in [-0.05, 0) is 22.9 Å². The highest BCUT2D eigenvalue weighted by Gasteiger charge is 2.00. The van der Waals surface area contributed by atoms with Crippen molar-refractivity contribution in [2.45, 2.75) is 0 Å². The molecule has 0 aliphatic heterocycles. The molecular formula is C11H13NOS. The SMILES string of the molecule is COCCNc1cccc2ccsc12. The van der Waals surface area contributed by atoms with Gasteiger partial charge in [0.2, 0.25) is 0 Å². The Morgan fingerprint density at radius 3 is 3.14 bits per heavy atom. The molecule has 1 aromatic carbocycles. The highest BCUT2D eigenvalue weighted by molar-refractivity contribution is 7.17. The monoisotopic (exact) mass is 207 g/mol. The topological polar surface area (TPSA) is 21.3 Å². The maximum Gasteiger partial charge on any atom is 0.0635 e. The van der Waals surface area contributed by atoms with E-state index in [-0.39, 0.29) is 0 Å². The van der Waals surface area contributed by atoms with Gasteiger partial charge in [-0.1, -0.05) is 12.1 Å². The number of rotatable bonds is 4. The standard InChI is InChI=1S/C11H13NOS/c1-13-7-6-12-10-4-2-3-9-5-8-14-11(9)10/h2-5,8,12H,6-7H2,1H3. The van der Waals surface area contributed by atoms with E-state index in [1.54, 1.807) is 18.4 Å². The first kappa shape index (κ1) is 9.49. The van der Waals surface area contributed by atoms with Gasteiger partial charge in [0.25, 0.3) is 0 Å². The fraction of sp³-hybridized carbons (Fsp3) is 0.273. The van der Waals surface area contributed by atoms with Crippen LogP contribution in [-0.2, 0) is 4.74 Å². The van der Waals surface area contributed by atoms with Crippen LogP contribution in [0.15, 0.2) is 29.6 Å². The Morgan fingerprint density at radius 1 is 1.36 bits per heavy atom. The van der Waals surface area contributed by atoms with Crippen LogP contribution < -0.4 is 5.32 Å². The highest BCUT2D eigenvalue weighted by Crippen LogP contribution is 2.28. The number of fused-ring (bicyclic) bond motifs is 1. The van der Waals surface area contributed by atoms with E-state index < -0.39 is 0 Å². The molecule has 0 aliphatic carbocycles. The molecule has 0 bridgehead atoms. The molecule has 0 atom stereocenters. The largest absolute Gasteiger partial charge is 0.383 e. The normalized spacial score (nSPS) is 10.6. The van der Waals surface area contributed by atoms with E-state index in [2.05, 4.69) is 35.0 Å². The number of ether oxygens (including phenoxy) is 1. The third-order valence-corrected chi connectivity index (χ3v) is 3.06. The number of anilines is 1. The van der Waals surface area contributed by atoms with Crippen molar-refractivity contribution in [3.05, 3.63) is 29.6 Å². The lowest BCUT2D eigenvalue weighted by Gasteiger charge is -2.06. The van der Waals surface area contributed by atoms with Crippen LogP contribution in [0.3, 0.4) is 0 Å². The quantitative estimate of drug-likeness (QED) is 0.778. The van der Waals surface area contributed by atoms with E-state index in [4.69, 9.17) is 4.74 Å². The molecule has 0 unspecified atom stereocenters. The van der Waals surface area contributed by atoms with Crippen molar-refractivity contribution >= 4 is 27.1 Å². The minimum Gasteiger partial charge on any atom is -0.383 e. The third kappa shape index (κ3) is 1.89. The van der Waals surface area contributed by atoms with Crippen LogP contribution in [0.2, 0.25) is 0 Å². The number of nitrogens with one attached hydrogen (secondary N) is 1. The van der Waals surface area contributed by atoms with Crippen LogP contribution in [0.4, 0.5) is 5.69 Å². The maximum absolute atomic E-state index is 5.00. The van der Waals surface area contributed by atoms with E-state index in [0.717, 1.165) is 13.2 Å². The average molecular weight is 207 g/mol. The number of benzene rings is 1. The van der Waals surface area contributed by atoms with E-state index in [0.29, 0.717) is 0 Å². The van der Waals surface area contributed by atoms with Crippen LogP contribution in [0, 0.1) is 0 Å². The highest BCUT2D eigenvalue weighted by atomic mass is 32.1. The Bertz CT molecular complexity index is 410. The summed E-state index contributed by atoms with van der Waals surface area (Å²) in [6, 6.07) is 8.45. The van der Waals surface area contributed by atoms with Crippen LogP contribution >= 0.6 is 11.3 Å². The van der Waals surface area contributed by atoms with E-state index >= 15 is 0 Å². The lowest BCUT2D eigenvalue weighted by Crippen LogP contribution is -2.07. The third-order valence-electron chi connectivity index (χ3n) is 2.10. The first-order chi connectivity index (χ1) is 6.92. The van der Waals surface area contributed by atoms with Crippen molar-refractivity contribution in [2.75, 3.05) is 25.6 Å². The molecule has 0 fully saturated rings. The van der Waals surface area contributed by atoms with Gasteiger partial charge in [0, 0.05) is 13.7 Å². The molecule has 0 saturated heterocycles. The number of hydrogen-bond donors (Lipinski definition) is 1. The van der Waals surface area contributed by atoms with Gasteiger partial charge in [0.05, 0.1) is 17.0 Å². The van der Waals surface area contributed by atoms with Crippen LogP contribution in [0.25, 0.3) is 10.1 Å². The van der Waals surface area contributed by atoms with E-state index in [1.165, 1.54) is 15.8 Å². The molecule has 2 nitrogen and oxygen atoms in total. The summed E-state index contributed by atoms with van der Waals surface area (Å²) >= 11 is 1.77. The Kier molecular flexibility index (Phi) is 3.01. The van der Waals surface area contributed by atoms with Crippen molar-refractivity contribution in [2.24, 2.45) is 0 Å². The van der Waals surface area contributed by atoms with Crippen molar-refractivity contribution in [3.8, 4) is 0 Å². The van der Waals surface area contributed by atoms with Crippen molar-refractivity contribution in [3.63, 3.8) is 0 Å². The first-order valence-corrected chi connectivity index (χ1v) is 5.49. The molecule has 0 radical (unpaired) electrons. The minimum atomic E-state index is 0.738. The second-order valence-corrected chi connectivity index (χ2v) is 3.98. The lowest BCUT2D eigenvalue weighted by atomic mass is 10.2. The predicted molar refractivity (Wildman–Crippen MR) is 62.2 cm³/mol. The summed E-state index contributed by atoms with van der Waals surface area (Å²) in [6.07, 6.45) is 0. The van der Waals surface area contributed by atoms with Gasteiger partial charge in [0.1, 0.15) is 0 Å². The molecule has 1 aromatic heterocycles. The Balaban J connectivity index is 2.19. The second-order valence-electron chi connectivity index (χ2n) is 3.06. The van der Waals surface area contributed by atoms with Gasteiger partial charge in [0.15, 0.2) is 0 Å². The number of hydrogen-bond acceptors (Lipinski definition) is 3. The Labute approximate surface area is 87.5 Å². The van der Waals surface area contributed by atoms with Crippen LogP contribution in [0.5, 0.6) is 0 Å². The molecule has 0 saturated carbocycles. The molecule has 0 amide bonds. The van der Waals surface area contributed by atoms with Crippen LogP contribution in [-0.4, -0.2) is 20.3 Å². The summed E-state index contributed by atoms with van der Waals surface area (Å²) in [4.78, 5) is 0. The summed E-state index contributed by atoms with van der Waals surface area (Å²) in [5.41, 5.74) is 1.20. The van der Waals surface area contributed by atoms with Gasteiger partial charge < -0.3 is 10.1 Å². The zero-order chi connectivity index (χ0) is 9.80. The van der Waals surface area contributed by atoms with Gasteiger partial charge in [-0.2, -0.15) is 0 Å². The fourth-order valence-electron chi connectivity index (χ4n) is 1.42. The molecule has 1 N–H and O–H groups in total. The van der Waals surface area contributed by atoms with Crippen molar-refractivity contribution < 1.29 is 4.74 Å². The zero-order valence-corrected chi connectivity index (χ0v) is 8.93. The first-order valence-electron chi connectivity index (χ1n) is 4.61. The predicted octanol–water partition coefficient (Wildman–Crippen LogP) is 2.96. The average Bonchev–Trinajstić information content (AvgIpc) is 2.67. The summed E-state index contributed by atoms with van der Waals surface area (Å²) < 4.78 is 6.32. The van der Waals surface area contributed by atoms with Gasteiger partial charge in [-0.15, -0.1) is 11.3 Å². The lowest BCUT2D eigenvalue weighted by molar-refractivity contribution is 0.211. The maximum atomic E-state index is 5.00. The molecule has 14 heavy (non-hydrogen) atoms. The molecule has 0 aliphatic rings. The van der Waals surface area contributed by atoms with E-state index in [9.17, 15) is 0 Å². The Hall–Kier alpha value is -1.06. The van der Waals surface area contributed by atoms with Crippen LogP contribution in [0.1, 0.15) is 0 Å². The van der Waals surface area contributed by atoms with Gasteiger partial charge in [-0.25, -0.2) is 0 Å². The molecule has 0 spiro atoms. The number of methoxy groups -OCH3 is 1. The Morgan fingerprint density at radius 2 is 2.29 bits per heavy atom. The minimum absolute atomic E-state index is 0.738. The summed E-state index contributed by atoms with van der Waals surface area (Å²) in [6.45, 7) is 1.59.